The Morgan fingerprint density at radius 1 is 1.15 bits per heavy atom. The van der Waals surface area contributed by atoms with E-state index < -0.39 is 0 Å². The minimum absolute atomic E-state index is 0.0692. The van der Waals surface area contributed by atoms with Gasteiger partial charge in [0, 0.05) is 12.2 Å². The minimum Gasteiger partial charge on any atom is -0.497 e. The van der Waals surface area contributed by atoms with E-state index in [1.807, 2.05) is 38.4 Å². The molecule has 0 aliphatic carbocycles. The van der Waals surface area contributed by atoms with Crippen molar-refractivity contribution in [3.05, 3.63) is 59.7 Å². The molecular weight excluding hydrogens is 328 g/mol. The van der Waals surface area contributed by atoms with Crippen molar-refractivity contribution in [2.45, 2.75) is 6.04 Å². The van der Waals surface area contributed by atoms with Crippen LogP contribution in [0.3, 0.4) is 0 Å². The lowest BCUT2D eigenvalue weighted by Crippen LogP contribution is -2.37. The first-order valence-corrected chi connectivity index (χ1v) is 8.34. The molecule has 0 aromatic heterocycles. The van der Waals surface area contributed by atoms with Crippen LogP contribution in [-0.4, -0.2) is 45.1 Å². The van der Waals surface area contributed by atoms with Crippen LogP contribution in [0, 0.1) is 11.3 Å². The summed E-state index contributed by atoms with van der Waals surface area (Å²) >= 11 is 0. The van der Waals surface area contributed by atoms with Crippen molar-refractivity contribution in [3.63, 3.8) is 0 Å². The zero-order valence-electron chi connectivity index (χ0n) is 15.3. The molecule has 2 N–H and O–H groups in total. The number of ether oxygens (including phenoxy) is 1. The molecule has 0 saturated carbocycles. The number of nitrogens with one attached hydrogen (secondary N) is 2. The van der Waals surface area contributed by atoms with Crippen molar-refractivity contribution in [2.75, 3.05) is 39.6 Å². The standard InChI is InChI=1S/C20H24N4O2/c1-24(2)19(16-6-10-18(26-3)11-7-16)13-23-20(25)14-22-17-8-4-15(12-21)5-9-17/h4-11,19,22H,13-14H2,1-3H3,(H,23,25). The fourth-order valence-corrected chi connectivity index (χ4v) is 2.54. The van der Waals surface area contributed by atoms with Gasteiger partial charge in [0.1, 0.15) is 5.75 Å². The van der Waals surface area contributed by atoms with Gasteiger partial charge in [0.25, 0.3) is 0 Å². The molecule has 0 bridgehead atoms. The second kappa shape index (κ2) is 9.44. The molecule has 0 heterocycles. The van der Waals surface area contributed by atoms with Crippen LogP contribution in [0.2, 0.25) is 0 Å². The van der Waals surface area contributed by atoms with Crippen molar-refractivity contribution >= 4 is 11.6 Å². The van der Waals surface area contributed by atoms with Crippen LogP contribution >= 0.6 is 0 Å². The Balaban J connectivity index is 1.87. The number of hydrogen-bond donors (Lipinski definition) is 2. The van der Waals surface area contributed by atoms with E-state index in [1.54, 1.807) is 31.4 Å². The fraction of sp³-hybridized carbons (Fsp3) is 0.300. The quantitative estimate of drug-likeness (QED) is 0.763. The molecule has 6 nitrogen and oxygen atoms in total. The number of rotatable bonds is 8. The van der Waals surface area contributed by atoms with Crippen LogP contribution in [-0.2, 0) is 4.79 Å². The average Bonchev–Trinajstić information content (AvgIpc) is 2.67. The van der Waals surface area contributed by atoms with Crippen molar-refractivity contribution in [1.29, 1.82) is 5.26 Å². The molecule has 2 rings (SSSR count). The highest BCUT2D eigenvalue weighted by Crippen LogP contribution is 2.20. The topological polar surface area (TPSA) is 77.4 Å². The van der Waals surface area contributed by atoms with Crippen LogP contribution in [0.1, 0.15) is 17.2 Å². The molecule has 0 saturated heterocycles. The van der Waals surface area contributed by atoms with E-state index >= 15 is 0 Å². The van der Waals surface area contributed by atoms with Gasteiger partial charge >= 0.3 is 0 Å². The van der Waals surface area contributed by atoms with E-state index in [-0.39, 0.29) is 18.5 Å². The zero-order valence-corrected chi connectivity index (χ0v) is 15.3. The Hall–Kier alpha value is -3.04. The van der Waals surface area contributed by atoms with Crippen LogP contribution in [0.15, 0.2) is 48.5 Å². The molecule has 6 heteroatoms. The maximum atomic E-state index is 12.1. The summed E-state index contributed by atoms with van der Waals surface area (Å²) in [5, 5.41) is 14.8. The van der Waals surface area contributed by atoms with Crippen molar-refractivity contribution in [3.8, 4) is 11.8 Å². The second-order valence-electron chi connectivity index (χ2n) is 6.10. The third-order valence-corrected chi connectivity index (χ3v) is 4.08. The molecule has 2 aromatic rings. The van der Waals surface area contributed by atoms with Crippen molar-refractivity contribution < 1.29 is 9.53 Å². The first-order chi connectivity index (χ1) is 12.5. The van der Waals surface area contributed by atoms with E-state index in [0.717, 1.165) is 17.0 Å². The normalized spacial score (nSPS) is 11.5. The van der Waals surface area contributed by atoms with Gasteiger partial charge in [-0.3, -0.25) is 4.79 Å². The lowest BCUT2D eigenvalue weighted by atomic mass is 10.1. The average molecular weight is 352 g/mol. The van der Waals surface area contributed by atoms with Crippen LogP contribution in [0.5, 0.6) is 5.75 Å². The van der Waals surface area contributed by atoms with Crippen LogP contribution < -0.4 is 15.4 Å². The largest absolute Gasteiger partial charge is 0.497 e. The highest BCUT2D eigenvalue weighted by Gasteiger charge is 2.15. The van der Waals surface area contributed by atoms with Gasteiger partial charge in [-0.1, -0.05) is 12.1 Å². The van der Waals surface area contributed by atoms with Crippen LogP contribution in [0.4, 0.5) is 5.69 Å². The molecule has 0 spiro atoms. The smallest absolute Gasteiger partial charge is 0.239 e. The molecule has 0 aliphatic rings. The Bertz CT molecular complexity index is 749. The minimum atomic E-state index is -0.0882. The van der Waals surface area contributed by atoms with E-state index in [9.17, 15) is 4.79 Å². The van der Waals surface area contributed by atoms with Gasteiger partial charge in [-0.25, -0.2) is 0 Å². The zero-order chi connectivity index (χ0) is 18.9. The van der Waals surface area contributed by atoms with Crippen molar-refractivity contribution in [1.82, 2.24) is 10.2 Å². The summed E-state index contributed by atoms with van der Waals surface area (Å²) in [7, 11) is 5.60. The van der Waals surface area contributed by atoms with E-state index in [0.29, 0.717) is 12.1 Å². The fourth-order valence-electron chi connectivity index (χ4n) is 2.54. The van der Waals surface area contributed by atoms with Gasteiger partial charge in [0.05, 0.1) is 31.3 Å². The van der Waals surface area contributed by atoms with Gasteiger partial charge < -0.3 is 20.3 Å². The third kappa shape index (κ3) is 5.50. The summed E-state index contributed by atoms with van der Waals surface area (Å²) in [5.74, 6) is 0.719. The maximum absolute atomic E-state index is 12.1. The highest BCUT2D eigenvalue weighted by atomic mass is 16.5. The number of anilines is 1. The SMILES string of the molecule is COc1ccc(C(CNC(=O)CNc2ccc(C#N)cc2)N(C)C)cc1. The number of carbonyl (C=O) groups is 1. The number of amides is 1. The summed E-state index contributed by atoms with van der Waals surface area (Å²) in [6.45, 7) is 0.682. The first kappa shape index (κ1) is 19.3. The first-order valence-electron chi connectivity index (χ1n) is 8.34. The lowest BCUT2D eigenvalue weighted by Gasteiger charge is -2.25. The summed E-state index contributed by atoms with van der Waals surface area (Å²) in [6.07, 6.45) is 0. The number of nitriles is 1. The molecular formula is C20H24N4O2. The number of benzene rings is 2. The molecule has 0 radical (unpaired) electrons. The number of methoxy groups -OCH3 is 1. The second-order valence-corrected chi connectivity index (χ2v) is 6.10. The summed E-state index contributed by atoms with van der Waals surface area (Å²) in [4.78, 5) is 14.2. The number of carbonyl (C=O) groups excluding carboxylic acids is 1. The Kier molecular flexibility index (Phi) is 7.01. The maximum Gasteiger partial charge on any atom is 0.239 e. The highest BCUT2D eigenvalue weighted by molar-refractivity contribution is 5.80. The molecule has 1 amide bonds. The molecule has 26 heavy (non-hydrogen) atoms. The third-order valence-electron chi connectivity index (χ3n) is 4.08. The molecule has 136 valence electrons. The number of nitrogens with zero attached hydrogens (tertiary/aromatic N) is 2. The van der Waals surface area contributed by atoms with Gasteiger partial charge in [-0.15, -0.1) is 0 Å². The number of hydrogen-bond acceptors (Lipinski definition) is 5. The van der Waals surface area contributed by atoms with Crippen molar-refractivity contribution in [2.24, 2.45) is 0 Å². The molecule has 1 atom stereocenters. The van der Waals surface area contributed by atoms with E-state index in [1.165, 1.54) is 0 Å². The molecule has 0 aliphatic heterocycles. The molecule has 2 aromatic carbocycles. The van der Waals surface area contributed by atoms with E-state index in [2.05, 4.69) is 21.6 Å². The van der Waals surface area contributed by atoms with Gasteiger partial charge in [0.15, 0.2) is 0 Å². The van der Waals surface area contributed by atoms with Gasteiger partial charge in [-0.05, 0) is 56.1 Å². The summed E-state index contributed by atoms with van der Waals surface area (Å²) in [5.41, 5.74) is 2.50. The Labute approximate surface area is 154 Å². The Morgan fingerprint density at radius 3 is 2.35 bits per heavy atom. The monoisotopic (exact) mass is 352 g/mol. The Morgan fingerprint density at radius 2 is 1.81 bits per heavy atom. The van der Waals surface area contributed by atoms with Crippen LogP contribution in [0.25, 0.3) is 0 Å². The number of likely N-dealkylation sites (N-methyl/N-ethyl adjacent to an activating group) is 1. The van der Waals surface area contributed by atoms with Gasteiger partial charge in [-0.2, -0.15) is 5.26 Å². The summed E-state index contributed by atoms with van der Waals surface area (Å²) < 4.78 is 5.19. The summed E-state index contributed by atoms with van der Waals surface area (Å²) in [6, 6.07) is 17.0. The molecule has 0 fully saturated rings. The van der Waals surface area contributed by atoms with E-state index in [4.69, 9.17) is 10.00 Å². The molecule has 1 unspecified atom stereocenters. The predicted molar refractivity (Wildman–Crippen MR) is 102 cm³/mol. The lowest BCUT2D eigenvalue weighted by molar-refractivity contribution is -0.119. The van der Waals surface area contributed by atoms with Gasteiger partial charge in [0.2, 0.25) is 5.91 Å². The predicted octanol–water partition coefficient (Wildman–Crippen LogP) is 2.40.